The van der Waals surface area contributed by atoms with E-state index in [0.29, 0.717) is 0 Å². The summed E-state index contributed by atoms with van der Waals surface area (Å²) >= 11 is 0. The maximum absolute atomic E-state index is 10.4. The summed E-state index contributed by atoms with van der Waals surface area (Å²) in [5.41, 5.74) is 0.206. The Morgan fingerprint density at radius 1 is 0.857 bits per heavy atom. The minimum atomic E-state index is -1.26. The molecule has 0 heterocycles. The van der Waals surface area contributed by atoms with Crippen molar-refractivity contribution in [3.8, 4) is 11.5 Å². The third-order valence-electron chi connectivity index (χ3n) is 2.20. The SMILES string of the molecule is O=C(O)c1ccc(O)cc1.O=C([O-])c1ccc([O-])cc1.[Rh+2]. The van der Waals surface area contributed by atoms with Gasteiger partial charge in [0.15, 0.2) is 0 Å². The Morgan fingerprint density at radius 3 is 1.67 bits per heavy atom. The first kappa shape index (κ1) is 18.6. The second kappa shape index (κ2) is 8.71. The van der Waals surface area contributed by atoms with Crippen molar-refractivity contribution in [2.24, 2.45) is 0 Å². The van der Waals surface area contributed by atoms with Crippen molar-refractivity contribution >= 4 is 11.9 Å². The maximum Gasteiger partial charge on any atom is 2.00 e. The molecule has 0 aromatic heterocycles. The van der Waals surface area contributed by atoms with E-state index in [1.165, 1.54) is 48.5 Å². The van der Waals surface area contributed by atoms with Crippen LogP contribution in [0.25, 0.3) is 0 Å². The van der Waals surface area contributed by atoms with E-state index in [9.17, 15) is 19.8 Å². The molecule has 2 N–H and O–H groups in total. The molecule has 0 aliphatic heterocycles. The molecule has 0 saturated heterocycles. The Labute approximate surface area is 133 Å². The van der Waals surface area contributed by atoms with Crippen LogP contribution in [0.4, 0.5) is 0 Å². The van der Waals surface area contributed by atoms with Crippen LogP contribution in [0.5, 0.6) is 11.5 Å². The summed E-state index contributed by atoms with van der Waals surface area (Å²) in [6, 6.07) is 10.2. The first-order chi connectivity index (χ1) is 9.40. The molecule has 0 saturated carbocycles. The summed E-state index contributed by atoms with van der Waals surface area (Å²) in [5, 5.41) is 37.7. The number of phenolic OH excluding ortho intramolecular Hbond substituents is 1. The van der Waals surface area contributed by atoms with Crippen LogP contribution in [0, 0.1) is 0 Å². The quantitative estimate of drug-likeness (QED) is 0.722. The van der Waals surface area contributed by atoms with Gasteiger partial charge in [-0.1, -0.05) is 24.3 Å². The van der Waals surface area contributed by atoms with Crippen molar-refractivity contribution in [2.45, 2.75) is 0 Å². The second-order valence-electron chi connectivity index (χ2n) is 3.66. The van der Waals surface area contributed by atoms with Crippen molar-refractivity contribution < 1.29 is 49.5 Å². The summed E-state index contributed by atoms with van der Waals surface area (Å²) in [6.07, 6.45) is 0. The zero-order chi connectivity index (χ0) is 15.1. The second-order valence-corrected chi connectivity index (χ2v) is 3.66. The van der Waals surface area contributed by atoms with Crippen LogP contribution < -0.4 is 10.2 Å². The van der Waals surface area contributed by atoms with Crippen molar-refractivity contribution in [3.63, 3.8) is 0 Å². The summed E-state index contributed by atoms with van der Waals surface area (Å²) < 4.78 is 0. The molecule has 2 rings (SSSR count). The van der Waals surface area contributed by atoms with Crippen molar-refractivity contribution in [1.82, 2.24) is 0 Å². The number of hydrogen-bond acceptors (Lipinski definition) is 5. The number of aromatic carboxylic acids is 2. The van der Waals surface area contributed by atoms with Gasteiger partial charge in [0, 0.05) is 0 Å². The molecule has 7 heteroatoms. The van der Waals surface area contributed by atoms with E-state index < -0.39 is 11.9 Å². The van der Waals surface area contributed by atoms with Crippen molar-refractivity contribution in [1.29, 1.82) is 0 Å². The Bertz CT molecular complexity index is 536. The van der Waals surface area contributed by atoms with Crippen LogP contribution in [-0.4, -0.2) is 22.2 Å². The molecule has 0 bridgehead atoms. The van der Waals surface area contributed by atoms with E-state index in [0.717, 1.165) is 0 Å². The average Bonchev–Trinajstić information content (AvgIpc) is 2.40. The third-order valence-corrected chi connectivity index (χ3v) is 2.20. The molecule has 1 radical (unpaired) electrons. The fourth-order valence-electron chi connectivity index (χ4n) is 1.20. The van der Waals surface area contributed by atoms with E-state index >= 15 is 0 Å². The first-order valence-corrected chi connectivity index (χ1v) is 5.41. The Balaban J connectivity index is 0.000000364. The minimum Gasteiger partial charge on any atom is -0.872 e. The molecule has 2 aromatic carbocycles. The van der Waals surface area contributed by atoms with E-state index in [2.05, 4.69) is 0 Å². The molecule has 111 valence electrons. The number of carbonyl (C=O) groups is 2. The molecule has 0 spiro atoms. The average molecular weight is 377 g/mol. The van der Waals surface area contributed by atoms with Gasteiger partial charge < -0.3 is 25.2 Å². The van der Waals surface area contributed by atoms with Gasteiger partial charge in [-0.15, -0.1) is 5.75 Å². The van der Waals surface area contributed by atoms with Gasteiger partial charge in [0.2, 0.25) is 0 Å². The number of carbonyl (C=O) groups excluding carboxylic acids is 1. The number of phenols is 1. The Morgan fingerprint density at radius 2 is 1.29 bits per heavy atom. The van der Waals surface area contributed by atoms with Crippen molar-refractivity contribution in [3.05, 3.63) is 59.7 Å². The Hall–Kier alpha value is -2.40. The van der Waals surface area contributed by atoms with Crippen LogP contribution in [0.1, 0.15) is 20.7 Å². The van der Waals surface area contributed by atoms with Crippen molar-refractivity contribution in [2.75, 3.05) is 0 Å². The van der Waals surface area contributed by atoms with Crippen LogP contribution in [0.3, 0.4) is 0 Å². The monoisotopic (exact) mass is 377 g/mol. The standard InChI is InChI=1S/2C7H6O3.Rh/c2*8-6-3-1-5(2-4-6)7(9)10;/h2*1-4,8H,(H,9,10);/q;;+2/p-2. The van der Waals surface area contributed by atoms with E-state index in [-0.39, 0.29) is 42.1 Å². The molecule has 2 aromatic rings. The smallest absolute Gasteiger partial charge is 0.872 e. The predicted molar refractivity (Wildman–Crippen MR) is 65.3 cm³/mol. The number of benzene rings is 2. The van der Waals surface area contributed by atoms with Gasteiger partial charge >= 0.3 is 25.4 Å². The molecular formula is C14H10O6Rh. The topological polar surface area (TPSA) is 121 Å². The number of hydrogen-bond donors (Lipinski definition) is 2. The molecule has 21 heavy (non-hydrogen) atoms. The number of carboxylic acids is 2. The van der Waals surface area contributed by atoms with E-state index in [1.807, 2.05) is 0 Å². The molecule has 0 aliphatic rings. The molecule has 0 amide bonds. The fourth-order valence-corrected chi connectivity index (χ4v) is 1.20. The number of rotatable bonds is 2. The summed E-state index contributed by atoms with van der Waals surface area (Å²) in [5.74, 6) is -2.38. The number of aromatic hydroxyl groups is 1. The largest absolute Gasteiger partial charge is 2.00 e. The van der Waals surface area contributed by atoms with Gasteiger partial charge in [-0.2, -0.15) is 0 Å². The number of carboxylic acid groups (broad SMARTS) is 2. The van der Waals surface area contributed by atoms with Gasteiger partial charge in [-0.3, -0.25) is 0 Å². The predicted octanol–water partition coefficient (Wildman–Crippen LogP) is 0.212. The summed E-state index contributed by atoms with van der Waals surface area (Å²) in [7, 11) is 0. The molecular weight excluding hydrogens is 367 g/mol. The van der Waals surface area contributed by atoms with Crippen LogP contribution in [0.15, 0.2) is 48.5 Å². The van der Waals surface area contributed by atoms with Gasteiger partial charge in [0.05, 0.1) is 11.5 Å². The van der Waals surface area contributed by atoms with Crippen LogP contribution >= 0.6 is 0 Å². The third kappa shape index (κ3) is 6.54. The zero-order valence-electron chi connectivity index (χ0n) is 10.5. The molecule has 0 fully saturated rings. The van der Waals surface area contributed by atoms with Gasteiger partial charge in [-0.05, 0) is 29.8 Å². The molecule has 6 nitrogen and oxygen atoms in total. The maximum atomic E-state index is 10.4. The molecule has 0 aliphatic carbocycles. The van der Waals surface area contributed by atoms with E-state index in [4.69, 9.17) is 10.2 Å². The van der Waals surface area contributed by atoms with Crippen LogP contribution in [-0.2, 0) is 19.5 Å². The van der Waals surface area contributed by atoms with Gasteiger partial charge in [0.25, 0.3) is 0 Å². The van der Waals surface area contributed by atoms with Crippen LogP contribution in [0.2, 0.25) is 0 Å². The summed E-state index contributed by atoms with van der Waals surface area (Å²) in [4.78, 5) is 20.3. The van der Waals surface area contributed by atoms with Gasteiger partial charge in [0.1, 0.15) is 5.75 Å². The van der Waals surface area contributed by atoms with E-state index in [1.54, 1.807) is 0 Å². The minimum absolute atomic E-state index is 0. The normalized spacial score (nSPS) is 8.76. The Kier molecular flexibility index (Phi) is 7.72. The summed E-state index contributed by atoms with van der Waals surface area (Å²) in [6.45, 7) is 0. The zero-order valence-corrected chi connectivity index (χ0v) is 12.1. The fraction of sp³-hybridized carbons (Fsp3) is 0. The molecule has 0 unspecified atom stereocenters. The first-order valence-electron chi connectivity index (χ1n) is 5.41. The van der Waals surface area contributed by atoms with Gasteiger partial charge in [-0.25, -0.2) is 4.79 Å². The molecule has 0 atom stereocenters.